The predicted molar refractivity (Wildman–Crippen MR) is 87.2 cm³/mol. The number of halogens is 1. The van der Waals surface area contributed by atoms with Gasteiger partial charge in [-0.15, -0.1) is 0 Å². The van der Waals surface area contributed by atoms with Crippen molar-refractivity contribution in [1.82, 2.24) is 9.97 Å². The van der Waals surface area contributed by atoms with Crippen LogP contribution in [-0.2, 0) is 5.33 Å². The van der Waals surface area contributed by atoms with E-state index in [2.05, 4.69) is 74.4 Å². The van der Waals surface area contributed by atoms with Gasteiger partial charge in [0.05, 0.1) is 16.7 Å². The summed E-state index contributed by atoms with van der Waals surface area (Å²) in [6.45, 7) is 0. The highest BCUT2D eigenvalue weighted by Crippen LogP contribution is 2.26. The van der Waals surface area contributed by atoms with E-state index in [4.69, 9.17) is 0 Å². The van der Waals surface area contributed by atoms with Gasteiger partial charge in [-0.1, -0.05) is 40.2 Å². The third kappa shape index (κ3) is 1.86. The molecule has 4 rings (SSSR count). The van der Waals surface area contributed by atoms with Gasteiger partial charge in [0, 0.05) is 11.5 Å². The van der Waals surface area contributed by atoms with Crippen molar-refractivity contribution in [1.29, 1.82) is 0 Å². The van der Waals surface area contributed by atoms with Crippen LogP contribution in [0.15, 0.2) is 54.7 Å². The van der Waals surface area contributed by atoms with E-state index in [1.807, 2.05) is 6.20 Å². The number of alkyl halides is 1. The summed E-state index contributed by atoms with van der Waals surface area (Å²) < 4.78 is 0. The molecule has 1 aromatic heterocycles. The highest BCUT2D eigenvalue weighted by Gasteiger charge is 2.03. The molecule has 0 saturated heterocycles. The molecule has 0 atom stereocenters. The van der Waals surface area contributed by atoms with Crippen LogP contribution >= 0.6 is 15.9 Å². The Morgan fingerprint density at radius 2 is 1.45 bits per heavy atom. The van der Waals surface area contributed by atoms with Gasteiger partial charge in [0.1, 0.15) is 0 Å². The first-order chi connectivity index (χ1) is 9.83. The van der Waals surface area contributed by atoms with Crippen molar-refractivity contribution in [2.45, 2.75) is 5.33 Å². The maximum atomic E-state index is 4.61. The summed E-state index contributed by atoms with van der Waals surface area (Å²) in [5, 5.41) is 5.65. The number of aromatic nitrogens is 2. The molecule has 0 N–H and O–H groups in total. The fraction of sp³-hybridized carbons (Fsp3) is 0.0588. The number of hydrogen-bond donors (Lipinski definition) is 0. The smallest absolute Gasteiger partial charge is 0.0896 e. The molecule has 0 aliphatic rings. The summed E-state index contributed by atoms with van der Waals surface area (Å²) in [5.74, 6) is 0. The van der Waals surface area contributed by atoms with Crippen LogP contribution in [0.3, 0.4) is 0 Å². The van der Waals surface area contributed by atoms with Crippen molar-refractivity contribution < 1.29 is 0 Å². The SMILES string of the molecule is BrCc1cnc2cc3cc4ccccc4cc3cc2n1. The minimum atomic E-state index is 0.728. The molecule has 3 aromatic carbocycles. The first-order valence-corrected chi connectivity index (χ1v) is 7.60. The molecule has 1 heterocycles. The van der Waals surface area contributed by atoms with Gasteiger partial charge < -0.3 is 0 Å². The second kappa shape index (κ2) is 4.53. The highest BCUT2D eigenvalue weighted by molar-refractivity contribution is 9.08. The molecule has 0 spiro atoms. The predicted octanol–water partition coefficient (Wildman–Crippen LogP) is 4.83. The van der Waals surface area contributed by atoms with Gasteiger partial charge in [-0.3, -0.25) is 4.98 Å². The summed E-state index contributed by atoms with van der Waals surface area (Å²) in [5.41, 5.74) is 2.85. The lowest BCUT2D eigenvalue weighted by atomic mass is 10.0. The van der Waals surface area contributed by atoms with E-state index < -0.39 is 0 Å². The van der Waals surface area contributed by atoms with Crippen LogP contribution in [0.4, 0.5) is 0 Å². The van der Waals surface area contributed by atoms with Crippen LogP contribution in [0.25, 0.3) is 32.6 Å². The van der Waals surface area contributed by atoms with Crippen molar-refractivity contribution in [3.05, 3.63) is 60.4 Å². The Bertz CT molecular complexity index is 947. The van der Waals surface area contributed by atoms with E-state index in [9.17, 15) is 0 Å². The van der Waals surface area contributed by atoms with Gasteiger partial charge in [-0.05, 0) is 45.8 Å². The van der Waals surface area contributed by atoms with Gasteiger partial charge in [-0.25, -0.2) is 4.98 Å². The molecule has 0 fully saturated rings. The standard InChI is InChI=1S/C17H11BrN2/c18-9-15-10-19-16-7-13-5-11-3-1-2-4-12(11)6-14(13)8-17(16)20-15/h1-8,10H,9H2. The molecule has 0 saturated carbocycles. The summed E-state index contributed by atoms with van der Waals surface area (Å²) in [6, 6.07) is 17.1. The minimum absolute atomic E-state index is 0.728. The van der Waals surface area contributed by atoms with Crippen LogP contribution < -0.4 is 0 Å². The molecule has 0 amide bonds. The van der Waals surface area contributed by atoms with Gasteiger partial charge >= 0.3 is 0 Å². The second-order valence-electron chi connectivity index (χ2n) is 4.88. The summed E-state index contributed by atoms with van der Waals surface area (Å²) >= 11 is 3.42. The molecule has 96 valence electrons. The van der Waals surface area contributed by atoms with Crippen LogP contribution in [0.1, 0.15) is 5.69 Å². The van der Waals surface area contributed by atoms with Gasteiger partial charge in [0.2, 0.25) is 0 Å². The zero-order valence-corrected chi connectivity index (χ0v) is 12.3. The third-order valence-electron chi connectivity index (χ3n) is 3.55. The molecule has 0 aliphatic carbocycles. The molecular weight excluding hydrogens is 312 g/mol. The van der Waals surface area contributed by atoms with Crippen LogP contribution in [0.2, 0.25) is 0 Å². The molecule has 2 nitrogen and oxygen atoms in total. The normalized spacial score (nSPS) is 11.4. The number of fused-ring (bicyclic) bond motifs is 3. The Labute approximate surface area is 124 Å². The van der Waals surface area contributed by atoms with Crippen LogP contribution in [-0.4, -0.2) is 9.97 Å². The molecule has 0 radical (unpaired) electrons. The van der Waals surface area contributed by atoms with Crippen LogP contribution in [0.5, 0.6) is 0 Å². The average Bonchev–Trinajstić information content (AvgIpc) is 2.50. The second-order valence-corrected chi connectivity index (χ2v) is 5.44. The largest absolute Gasteiger partial charge is 0.253 e. The fourth-order valence-electron chi connectivity index (χ4n) is 2.55. The summed E-state index contributed by atoms with van der Waals surface area (Å²) in [7, 11) is 0. The van der Waals surface area contributed by atoms with E-state index in [-0.39, 0.29) is 0 Å². The van der Waals surface area contributed by atoms with Crippen molar-refractivity contribution in [3.8, 4) is 0 Å². The van der Waals surface area contributed by atoms with Gasteiger partial charge in [-0.2, -0.15) is 0 Å². The molecule has 0 aliphatic heterocycles. The molecule has 20 heavy (non-hydrogen) atoms. The first kappa shape index (κ1) is 11.8. The highest BCUT2D eigenvalue weighted by atomic mass is 79.9. The summed E-state index contributed by atoms with van der Waals surface area (Å²) in [4.78, 5) is 9.10. The Balaban J connectivity index is 2.09. The maximum absolute atomic E-state index is 4.61. The minimum Gasteiger partial charge on any atom is -0.253 e. The lowest BCUT2D eigenvalue weighted by Crippen LogP contribution is -1.90. The fourth-order valence-corrected chi connectivity index (χ4v) is 2.82. The maximum Gasteiger partial charge on any atom is 0.0896 e. The van der Waals surface area contributed by atoms with Crippen molar-refractivity contribution in [2.24, 2.45) is 0 Å². The number of nitrogens with zero attached hydrogens (tertiary/aromatic N) is 2. The van der Waals surface area contributed by atoms with E-state index in [1.165, 1.54) is 21.5 Å². The van der Waals surface area contributed by atoms with E-state index >= 15 is 0 Å². The molecule has 0 unspecified atom stereocenters. The average molecular weight is 323 g/mol. The Morgan fingerprint density at radius 1 is 0.800 bits per heavy atom. The van der Waals surface area contributed by atoms with Crippen molar-refractivity contribution >= 4 is 48.5 Å². The van der Waals surface area contributed by atoms with Gasteiger partial charge in [0.15, 0.2) is 0 Å². The van der Waals surface area contributed by atoms with Gasteiger partial charge in [0.25, 0.3) is 0 Å². The Hall–Kier alpha value is -2.00. The number of hydrogen-bond acceptors (Lipinski definition) is 2. The molecule has 0 bridgehead atoms. The van der Waals surface area contributed by atoms with E-state index in [1.54, 1.807) is 0 Å². The lowest BCUT2D eigenvalue weighted by molar-refractivity contribution is 1.17. The zero-order chi connectivity index (χ0) is 13.5. The Kier molecular flexibility index (Phi) is 2.67. The van der Waals surface area contributed by atoms with Crippen molar-refractivity contribution in [3.63, 3.8) is 0 Å². The number of rotatable bonds is 1. The van der Waals surface area contributed by atoms with E-state index in [0.29, 0.717) is 0 Å². The third-order valence-corrected chi connectivity index (χ3v) is 4.13. The van der Waals surface area contributed by atoms with Crippen LogP contribution in [0, 0.1) is 0 Å². The van der Waals surface area contributed by atoms with Crippen molar-refractivity contribution in [2.75, 3.05) is 0 Å². The molecular formula is C17H11BrN2. The molecule has 4 aromatic rings. The lowest BCUT2D eigenvalue weighted by Gasteiger charge is -2.05. The van der Waals surface area contributed by atoms with E-state index in [0.717, 1.165) is 22.1 Å². The number of benzene rings is 3. The summed E-state index contributed by atoms with van der Waals surface area (Å²) in [6.07, 6.45) is 1.82. The zero-order valence-electron chi connectivity index (χ0n) is 10.7. The quantitative estimate of drug-likeness (QED) is 0.370. The monoisotopic (exact) mass is 322 g/mol. The molecule has 3 heteroatoms. The topological polar surface area (TPSA) is 25.8 Å². The Morgan fingerprint density at radius 3 is 2.10 bits per heavy atom. The first-order valence-electron chi connectivity index (χ1n) is 6.48.